The Morgan fingerprint density at radius 2 is 2.12 bits per heavy atom. The van der Waals surface area contributed by atoms with E-state index in [0.717, 1.165) is 43.6 Å². The average molecular weight is 230 g/mol. The van der Waals surface area contributed by atoms with Crippen LogP contribution >= 0.6 is 0 Å². The molecule has 2 aliphatic heterocycles. The quantitative estimate of drug-likeness (QED) is 0.743. The summed E-state index contributed by atoms with van der Waals surface area (Å²) in [5.74, 6) is 0.317. The Hall–Kier alpha value is -1.51. The third-order valence-corrected chi connectivity index (χ3v) is 3.79. The molecule has 0 bridgehead atoms. The molecular weight excluding hydrogens is 212 g/mol. The van der Waals surface area contributed by atoms with Crippen LogP contribution in [0.2, 0.25) is 0 Å². The van der Waals surface area contributed by atoms with Crippen molar-refractivity contribution in [2.45, 2.75) is 25.7 Å². The second-order valence-corrected chi connectivity index (χ2v) is 4.96. The number of carbonyl (C=O) groups excluding carboxylic acids is 1. The highest BCUT2D eigenvalue weighted by Crippen LogP contribution is 2.35. The molecule has 3 heteroatoms. The lowest BCUT2D eigenvalue weighted by molar-refractivity contribution is 0.0983. The van der Waals surface area contributed by atoms with Crippen LogP contribution in [-0.2, 0) is 6.42 Å². The standard InChI is InChI=1S/C14H18N2O/c1-16-9-3-4-10-12(16)7-6-11-14(10)13(17)5-2-8-15-11/h6-7,15H,2-5,8-9H2,1H3. The molecule has 1 aromatic carbocycles. The summed E-state index contributed by atoms with van der Waals surface area (Å²) in [6.45, 7) is 2.00. The van der Waals surface area contributed by atoms with E-state index in [0.29, 0.717) is 12.2 Å². The number of hydrogen-bond acceptors (Lipinski definition) is 3. The number of nitrogens with zero attached hydrogens (tertiary/aromatic N) is 1. The van der Waals surface area contributed by atoms with Gasteiger partial charge in [0.1, 0.15) is 0 Å². The fraction of sp³-hybridized carbons (Fsp3) is 0.500. The Kier molecular flexibility index (Phi) is 2.54. The van der Waals surface area contributed by atoms with Crippen molar-refractivity contribution >= 4 is 17.2 Å². The van der Waals surface area contributed by atoms with Crippen molar-refractivity contribution in [3.63, 3.8) is 0 Å². The largest absolute Gasteiger partial charge is 0.384 e. The van der Waals surface area contributed by atoms with Crippen LogP contribution in [-0.4, -0.2) is 25.9 Å². The topological polar surface area (TPSA) is 32.3 Å². The lowest BCUT2D eigenvalue weighted by Gasteiger charge is -2.29. The van der Waals surface area contributed by atoms with E-state index in [1.165, 1.54) is 11.3 Å². The molecule has 3 rings (SSSR count). The third kappa shape index (κ3) is 1.70. The predicted molar refractivity (Wildman–Crippen MR) is 70.1 cm³/mol. The molecule has 17 heavy (non-hydrogen) atoms. The number of rotatable bonds is 0. The zero-order chi connectivity index (χ0) is 11.8. The molecule has 90 valence electrons. The molecule has 0 atom stereocenters. The molecular formula is C14H18N2O. The number of carbonyl (C=O) groups is 1. The summed E-state index contributed by atoms with van der Waals surface area (Å²) in [7, 11) is 2.11. The molecule has 1 aromatic rings. The van der Waals surface area contributed by atoms with Crippen LogP contribution in [0.4, 0.5) is 11.4 Å². The molecule has 2 aliphatic rings. The lowest BCUT2D eigenvalue weighted by Crippen LogP contribution is -2.26. The Labute approximate surface area is 102 Å². The highest BCUT2D eigenvalue weighted by molar-refractivity contribution is 6.04. The van der Waals surface area contributed by atoms with Gasteiger partial charge >= 0.3 is 0 Å². The first kappa shape index (κ1) is 10.6. The van der Waals surface area contributed by atoms with Gasteiger partial charge in [-0.1, -0.05) is 0 Å². The van der Waals surface area contributed by atoms with Gasteiger partial charge in [-0.3, -0.25) is 4.79 Å². The minimum atomic E-state index is 0.317. The molecule has 0 amide bonds. The lowest BCUT2D eigenvalue weighted by atomic mass is 9.92. The maximum atomic E-state index is 12.2. The average Bonchev–Trinajstić information content (AvgIpc) is 2.52. The van der Waals surface area contributed by atoms with Crippen molar-refractivity contribution < 1.29 is 4.79 Å². The monoisotopic (exact) mass is 230 g/mol. The minimum absolute atomic E-state index is 0.317. The summed E-state index contributed by atoms with van der Waals surface area (Å²) in [6, 6.07) is 4.22. The first-order valence-electron chi connectivity index (χ1n) is 6.41. The summed E-state index contributed by atoms with van der Waals surface area (Å²) in [6.07, 6.45) is 3.81. The summed E-state index contributed by atoms with van der Waals surface area (Å²) in [5.41, 5.74) is 4.51. The van der Waals surface area contributed by atoms with Crippen molar-refractivity contribution in [3.8, 4) is 0 Å². The third-order valence-electron chi connectivity index (χ3n) is 3.79. The zero-order valence-electron chi connectivity index (χ0n) is 10.3. The Morgan fingerprint density at radius 1 is 1.24 bits per heavy atom. The van der Waals surface area contributed by atoms with Crippen LogP contribution in [0.1, 0.15) is 35.2 Å². The maximum Gasteiger partial charge on any atom is 0.165 e. The normalized spacial score (nSPS) is 19.1. The molecule has 2 heterocycles. The molecule has 0 aromatic heterocycles. The van der Waals surface area contributed by atoms with Gasteiger partial charge in [0.2, 0.25) is 0 Å². The highest BCUT2D eigenvalue weighted by atomic mass is 16.1. The van der Waals surface area contributed by atoms with Gasteiger partial charge in [0.05, 0.1) is 0 Å². The summed E-state index contributed by atoms with van der Waals surface area (Å²) < 4.78 is 0. The van der Waals surface area contributed by atoms with Crippen LogP contribution < -0.4 is 10.2 Å². The van der Waals surface area contributed by atoms with Crippen LogP contribution in [0, 0.1) is 0 Å². The van der Waals surface area contributed by atoms with E-state index in [9.17, 15) is 4.79 Å². The maximum absolute atomic E-state index is 12.2. The van der Waals surface area contributed by atoms with Crippen LogP contribution in [0.15, 0.2) is 12.1 Å². The highest BCUT2D eigenvalue weighted by Gasteiger charge is 2.24. The van der Waals surface area contributed by atoms with Gasteiger partial charge in [-0.25, -0.2) is 0 Å². The summed E-state index contributed by atoms with van der Waals surface area (Å²) in [4.78, 5) is 14.5. The van der Waals surface area contributed by atoms with Crippen LogP contribution in [0.3, 0.4) is 0 Å². The Bertz CT molecular complexity index is 468. The fourth-order valence-corrected chi connectivity index (χ4v) is 2.92. The number of fused-ring (bicyclic) bond motifs is 3. The molecule has 0 saturated carbocycles. The fourth-order valence-electron chi connectivity index (χ4n) is 2.92. The molecule has 0 spiro atoms. The van der Waals surface area contributed by atoms with Crippen molar-refractivity contribution in [1.82, 2.24) is 0 Å². The van der Waals surface area contributed by atoms with Crippen molar-refractivity contribution in [3.05, 3.63) is 23.3 Å². The second-order valence-electron chi connectivity index (χ2n) is 4.96. The SMILES string of the molecule is CN1CCCc2c1ccc1c2C(=O)CCCN1. The number of hydrogen-bond donors (Lipinski definition) is 1. The minimum Gasteiger partial charge on any atom is -0.384 e. The van der Waals surface area contributed by atoms with Gasteiger partial charge in [-0.15, -0.1) is 0 Å². The Balaban J connectivity index is 2.18. The number of anilines is 2. The predicted octanol–water partition coefficient (Wildman–Crippen LogP) is 2.46. The first-order chi connectivity index (χ1) is 8.27. The molecule has 0 unspecified atom stereocenters. The second kappa shape index (κ2) is 4.06. The summed E-state index contributed by atoms with van der Waals surface area (Å²) >= 11 is 0. The molecule has 0 radical (unpaired) electrons. The van der Waals surface area contributed by atoms with Crippen molar-refractivity contribution in [2.24, 2.45) is 0 Å². The van der Waals surface area contributed by atoms with E-state index < -0.39 is 0 Å². The van der Waals surface area contributed by atoms with Crippen molar-refractivity contribution in [1.29, 1.82) is 0 Å². The van der Waals surface area contributed by atoms with Gasteiger partial charge in [0.15, 0.2) is 5.78 Å². The first-order valence-corrected chi connectivity index (χ1v) is 6.41. The van der Waals surface area contributed by atoms with Crippen LogP contribution in [0.25, 0.3) is 0 Å². The van der Waals surface area contributed by atoms with Crippen molar-refractivity contribution in [2.75, 3.05) is 30.4 Å². The van der Waals surface area contributed by atoms with E-state index in [4.69, 9.17) is 0 Å². The van der Waals surface area contributed by atoms with Gasteiger partial charge in [-0.05, 0) is 37.0 Å². The van der Waals surface area contributed by atoms with Crippen LogP contribution in [0.5, 0.6) is 0 Å². The zero-order valence-corrected chi connectivity index (χ0v) is 10.3. The van der Waals surface area contributed by atoms with Gasteiger partial charge in [-0.2, -0.15) is 0 Å². The molecule has 0 fully saturated rings. The van der Waals surface area contributed by atoms with Gasteiger partial charge in [0.25, 0.3) is 0 Å². The number of benzene rings is 1. The number of ketones is 1. The molecule has 1 N–H and O–H groups in total. The van der Waals surface area contributed by atoms with Gasteiger partial charge in [0, 0.05) is 43.5 Å². The van der Waals surface area contributed by atoms with Gasteiger partial charge < -0.3 is 10.2 Å². The number of nitrogens with one attached hydrogen (secondary N) is 1. The number of Topliss-reactive ketones (excluding diaryl/α,β-unsaturated/α-hetero) is 1. The van der Waals surface area contributed by atoms with E-state index in [1.54, 1.807) is 0 Å². The van der Waals surface area contributed by atoms with E-state index in [1.807, 2.05) is 0 Å². The molecule has 0 aliphatic carbocycles. The molecule has 0 saturated heterocycles. The molecule has 3 nitrogen and oxygen atoms in total. The van der Waals surface area contributed by atoms with E-state index in [2.05, 4.69) is 29.4 Å². The summed E-state index contributed by atoms with van der Waals surface area (Å²) in [5, 5.41) is 3.38. The Morgan fingerprint density at radius 3 is 3.00 bits per heavy atom. The van der Waals surface area contributed by atoms with E-state index >= 15 is 0 Å². The van der Waals surface area contributed by atoms with E-state index in [-0.39, 0.29) is 0 Å². The smallest absolute Gasteiger partial charge is 0.165 e.